The number of aryl methyl sites for hydroxylation is 1. The molecule has 0 aliphatic carbocycles. The normalized spacial score (nSPS) is 12.2. The average molecular weight is 269 g/mol. The van der Waals surface area contributed by atoms with Gasteiger partial charge in [-0.05, 0) is 36.1 Å². The van der Waals surface area contributed by atoms with Crippen LogP contribution in [0.5, 0.6) is 0 Å². The van der Waals surface area contributed by atoms with Gasteiger partial charge < -0.3 is 4.90 Å². The molecule has 0 aromatic heterocycles. The summed E-state index contributed by atoms with van der Waals surface area (Å²) in [5.74, 6) is 5.71. The zero-order valence-electron chi connectivity index (χ0n) is 12.2. The number of hydrogen-bond acceptors (Lipinski definition) is 3. The quantitative estimate of drug-likeness (QED) is 0.626. The molecule has 3 nitrogen and oxygen atoms in total. The van der Waals surface area contributed by atoms with Gasteiger partial charge >= 0.3 is 0 Å². The smallest absolute Gasteiger partial charge is 0.0463 e. The van der Waals surface area contributed by atoms with E-state index in [-0.39, 0.29) is 6.04 Å². The maximum Gasteiger partial charge on any atom is 0.0463 e. The third-order valence-electron chi connectivity index (χ3n) is 3.58. The highest BCUT2D eigenvalue weighted by Gasteiger charge is 2.09. The van der Waals surface area contributed by atoms with Crippen LogP contribution in [-0.4, -0.2) is 14.1 Å². The van der Waals surface area contributed by atoms with E-state index in [1.165, 1.54) is 16.8 Å². The Morgan fingerprint density at radius 3 is 2.20 bits per heavy atom. The number of nitrogens with two attached hydrogens (primary N) is 1. The van der Waals surface area contributed by atoms with Crippen LogP contribution in [0, 0.1) is 0 Å². The lowest BCUT2D eigenvalue weighted by atomic mass is 9.99. The fourth-order valence-corrected chi connectivity index (χ4v) is 2.31. The Hall–Kier alpha value is -1.84. The van der Waals surface area contributed by atoms with Crippen LogP contribution in [0.4, 0.5) is 5.69 Å². The lowest BCUT2D eigenvalue weighted by Gasteiger charge is -2.18. The Bertz CT molecular complexity index is 506. The molecule has 0 amide bonds. The molecule has 0 heterocycles. The molecule has 2 aromatic rings. The fraction of sp³-hybridized carbons (Fsp3) is 0.294. The summed E-state index contributed by atoms with van der Waals surface area (Å²) >= 11 is 0. The largest absolute Gasteiger partial charge is 0.378 e. The van der Waals surface area contributed by atoms with Gasteiger partial charge in [0.15, 0.2) is 0 Å². The molecule has 0 saturated carbocycles. The van der Waals surface area contributed by atoms with E-state index < -0.39 is 0 Å². The van der Waals surface area contributed by atoms with E-state index in [0.29, 0.717) is 0 Å². The molecule has 2 rings (SSSR count). The molecule has 0 fully saturated rings. The molecular weight excluding hydrogens is 246 g/mol. The number of benzene rings is 2. The molecule has 3 heteroatoms. The summed E-state index contributed by atoms with van der Waals surface area (Å²) in [5, 5.41) is 0. The Morgan fingerprint density at radius 1 is 1.00 bits per heavy atom. The van der Waals surface area contributed by atoms with E-state index in [4.69, 9.17) is 5.84 Å². The number of hydrogen-bond donors (Lipinski definition) is 2. The minimum atomic E-state index is 0.186. The van der Waals surface area contributed by atoms with Crippen LogP contribution in [0.2, 0.25) is 0 Å². The van der Waals surface area contributed by atoms with Gasteiger partial charge in [-0.1, -0.05) is 42.5 Å². The molecule has 3 N–H and O–H groups in total. The van der Waals surface area contributed by atoms with Crippen LogP contribution in [0.1, 0.15) is 23.6 Å². The van der Waals surface area contributed by atoms with Crippen molar-refractivity contribution >= 4 is 5.69 Å². The first-order valence-corrected chi connectivity index (χ1v) is 6.98. The Kier molecular flexibility index (Phi) is 5.16. The van der Waals surface area contributed by atoms with Crippen molar-refractivity contribution in [3.63, 3.8) is 0 Å². The molecule has 0 aliphatic rings. The second-order valence-electron chi connectivity index (χ2n) is 5.23. The van der Waals surface area contributed by atoms with Gasteiger partial charge in [-0.2, -0.15) is 0 Å². The molecule has 0 radical (unpaired) electrons. The van der Waals surface area contributed by atoms with E-state index in [1.807, 2.05) is 20.2 Å². The van der Waals surface area contributed by atoms with Gasteiger partial charge in [0.2, 0.25) is 0 Å². The van der Waals surface area contributed by atoms with Crippen molar-refractivity contribution in [2.45, 2.75) is 18.9 Å². The highest BCUT2D eigenvalue weighted by Crippen LogP contribution is 2.21. The minimum absolute atomic E-state index is 0.186. The first-order chi connectivity index (χ1) is 9.70. The van der Waals surface area contributed by atoms with E-state index in [9.17, 15) is 0 Å². The molecule has 0 bridgehead atoms. The van der Waals surface area contributed by atoms with Crippen molar-refractivity contribution < 1.29 is 0 Å². The molecular formula is C17H23N3. The van der Waals surface area contributed by atoms with Crippen molar-refractivity contribution in [1.29, 1.82) is 0 Å². The summed E-state index contributed by atoms with van der Waals surface area (Å²) in [5.41, 5.74) is 6.70. The highest BCUT2D eigenvalue weighted by molar-refractivity contribution is 5.46. The number of anilines is 1. The second kappa shape index (κ2) is 7.08. The van der Waals surface area contributed by atoms with Crippen LogP contribution in [-0.2, 0) is 6.42 Å². The zero-order chi connectivity index (χ0) is 14.4. The third-order valence-corrected chi connectivity index (χ3v) is 3.58. The van der Waals surface area contributed by atoms with E-state index in [0.717, 1.165) is 12.8 Å². The zero-order valence-corrected chi connectivity index (χ0v) is 12.2. The molecule has 2 aromatic carbocycles. The van der Waals surface area contributed by atoms with Crippen molar-refractivity contribution in [1.82, 2.24) is 5.43 Å². The summed E-state index contributed by atoms with van der Waals surface area (Å²) in [7, 11) is 4.09. The predicted molar refractivity (Wildman–Crippen MR) is 85.6 cm³/mol. The highest BCUT2D eigenvalue weighted by atomic mass is 15.2. The summed E-state index contributed by atoms with van der Waals surface area (Å²) in [4.78, 5) is 2.10. The van der Waals surface area contributed by atoms with Crippen molar-refractivity contribution in [3.8, 4) is 0 Å². The lowest BCUT2D eigenvalue weighted by Crippen LogP contribution is -2.28. The van der Waals surface area contributed by atoms with E-state index >= 15 is 0 Å². The molecule has 20 heavy (non-hydrogen) atoms. The Labute approximate surface area is 121 Å². The summed E-state index contributed by atoms with van der Waals surface area (Å²) in [6, 6.07) is 19.2. The van der Waals surface area contributed by atoms with Gasteiger partial charge in [0.05, 0.1) is 0 Å². The van der Waals surface area contributed by atoms with Crippen LogP contribution < -0.4 is 16.2 Å². The molecule has 0 saturated heterocycles. The molecule has 0 aliphatic heterocycles. The number of nitrogens with zero attached hydrogens (tertiary/aromatic N) is 1. The number of nitrogens with one attached hydrogen (secondary N) is 1. The number of hydrazine groups is 1. The average Bonchev–Trinajstić information content (AvgIpc) is 2.49. The maximum absolute atomic E-state index is 5.71. The van der Waals surface area contributed by atoms with Gasteiger partial charge in [0.1, 0.15) is 0 Å². The molecule has 1 atom stereocenters. The lowest BCUT2D eigenvalue weighted by molar-refractivity contribution is 0.516. The van der Waals surface area contributed by atoms with Gasteiger partial charge in [-0.3, -0.25) is 11.3 Å². The van der Waals surface area contributed by atoms with Crippen LogP contribution in [0.25, 0.3) is 0 Å². The predicted octanol–water partition coefficient (Wildman–Crippen LogP) is 2.89. The third kappa shape index (κ3) is 3.83. The van der Waals surface area contributed by atoms with E-state index in [1.54, 1.807) is 0 Å². The summed E-state index contributed by atoms with van der Waals surface area (Å²) < 4.78 is 0. The molecule has 0 spiro atoms. The van der Waals surface area contributed by atoms with Crippen molar-refractivity contribution in [3.05, 3.63) is 65.7 Å². The molecule has 106 valence electrons. The minimum Gasteiger partial charge on any atom is -0.378 e. The first kappa shape index (κ1) is 14.6. The SMILES string of the molecule is CN(C)c1ccc(C(CCc2ccccc2)NN)cc1. The summed E-state index contributed by atoms with van der Waals surface area (Å²) in [6.45, 7) is 0. The molecule has 1 unspecified atom stereocenters. The van der Waals surface area contributed by atoms with Gasteiger partial charge in [-0.25, -0.2) is 0 Å². The van der Waals surface area contributed by atoms with Crippen LogP contribution >= 0.6 is 0 Å². The van der Waals surface area contributed by atoms with E-state index in [2.05, 4.69) is 58.9 Å². The second-order valence-corrected chi connectivity index (χ2v) is 5.23. The first-order valence-electron chi connectivity index (χ1n) is 6.98. The fourth-order valence-electron chi connectivity index (χ4n) is 2.31. The Morgan fingerprint density at radius 2 is 1.65 bits per heavy atom. The maximum atomic E-state index is 5.71. The van der Waals surface area contributed by atoms with Gasteiger partial charge in [-0.15, -0.1) is 0 Å². The number of rotatable bonds is 6. The van der Waals surface area contributed by atoms with Crippen molar-refractivity contribution in [2.24, 2.45) is 5.84 Å². The standard InChI is InChI=1S/C17H23N3/c1-20(2)16-11-9-15(10-12-16)17(19-18)13-8-14-6-4-3-5-7-14/h3-7,9-12,17,19H,8,13,18H2,1-2H3. The Balaban J connectivity index is 2.01. The monoisotopic (exact) mass is 269 g/mol. The van der Waals surface area contributed by atoms with Crippen LogP contribution in [0.15, 0.2) is 54.6 Å². The van der Waals surface area contributed by atoms with Crippen LogP contribution in [0.3, 0.4) is 0 Å². The summed E-state index contributed by atoms with van der Waals surface area (Å²) in [6.07, 6.45) is 2.01. The topological polar surface area (TPSA) is 41.3 Å². The van der Waals surface area contributed by atoms with Gasteiger partial charge in [0.25, 0.3) is 0 Å². The van der Waals surface area contributed by atoms with Gasteiger partial charge in [0, 0.05) is 25.8 Å². The van der Waals surface area contributed by atoms with Crippen molar-refractivity contribution in [2.75, 3.05) is 19.0 Å².